The summed E-state index contributed by atoms with van der Waals surface area (Å²) in [6, 6.07) is 2.41. The van der Waals surface area contributed by atoms with Gasteiger partial charge in [-0.3, -0.25) is 9.13 Å². The molecule has 2 fully saturated rings. The lowest BCUT2D eigenvalue weighted by Crippen LogP contribution is -2.50. The van der Waals surface area contributed by atoms with Crippen molar-refractivity contribution in [1.29, 1.82) is 0 Å². The van der Waals surface area contributed by atoms with Gasteiger partial charge < -0.3 is 31.2 Å². The number of halogens is 6. The topological polar surface area (TPSA) is 181 Å². The summed E-state index contributed by atoms with van der Waals surface area (Å²) in [5.41, 5.74) is 5.45. The van der Waals surface area contributed by atoms with Gasteiger partial charge in [0.25, 0.3) is 5.92 Å². The molecule has 0 bridgehead atoms. The van der Waals surface area contributed by atoms with Gasteiger partial charge in [-0.1, -0.05) is 13.8 Å². The number of aromatic nitrogens is 4. The van der Waals surface area contributed by atoms with Crippen LogP contribution < -0.4 is 22.8 Å². The third kappa shape index (κ3) is 5.27. The van der Waals surface area contributed by atoms with Crippen molar-refractivity contribution in [2.75, 3.05) is 29.8 Å². The summed E-state index contributed by atoms with van der Waals surface area (Å²) < 4.78 is 68.7. The monoisotopic (exact) mass is 618 g/mol. The van der Waals surface area contributed by atoms with E-state index in [-0.39, 0.29) is 17.5 Å². The van der Waals surface area contributed by atoms with Crippen molar-refractivity contribution >= 4 is 34.8 Å². The highest BCUT2D eigenvalue weighted by Crippen LogP contribution is 2.53. The zero-order valence-electron chi connectivity index (χ0n) is 21.2. The minimum Gasteiger partial charge on any atom is -0.393 e. The SMILES string of the molecule is CC[C@@]1(CCl)O[C@@H](n2ccc(N)nc2=O)C(F)(F)[C@@H]1C.Nc1ccn([C@@H]2O[C@@](CO)(CCl)[C@@H](O)C2(F)F)c(=O)n1. The summed E-state index contributed by atoms with van der Waals surface area (Å²) in [6.07, 6.45) is -3.78. The largest absolute Gasteiger partial charge is 0.393 e. The maximum absolute atomic E-state index is 14.4. The molecule has 4 heterocycles. The third-order valence-electron chi connectivity index (χ3n) is 7.11. The molecule has 0 spiro atoms. The molecule has 40 heavy (non-hydrogen) atoms. The maximum atomic E-state index is 14.4. The van der Waals surface area contributed by atoms with E-state index >= 15 is 0 Å². The molecule has 0 radical (unpaired) electrons. The number of nitrogen functional groups attached to an aromatic ring is 2. The van der Waals surface area contributed by atoms with Gasteiger partial charge in [-0.05, 0) is 18.6 Å². The summed E-state index contributed by atoms with van der Waals surface area (Å²) in [5.74, 6) is -9.00. The van der Waals surface area contributed by atoms with Crippen LogP contribution in [0.4, 0.5) is 29.2 Å². The van der Waals surface area contributed by atoms with Crippen molar-refractivity contribution in [2.45, 2.75) is 61.9 Å². The highest BCUT2D eigenvalue weighted by atomic mass is 35.5. The van der Waals surface area contributed by atoms with E-state index in [2.05, 4.69) is 9.97 Å². The zero-order chi connectivity index (χ0) is 30.3. The van der Waals surface area contributed by atoms with Gasteiger partial charge in [-0.15, -0.1) is 23.2 Å². The normalized spacial score (nSPS) is 32.5. The summed E-state index contributed by atoms with van der Waals surface area (Å²) in [4.78, 5) is 30.1. The van der Waals surface area contributed by atoms with E-state index < -0.39 is 71.4 Å². The maximum Gasteiger partial charge on any atom is 0.351 e. The van der Waals surface area contributed by atoms with Gasteiger partial charge in [0.15, 0.2) is 6.10 Å². The van der Waals surface area contributed by atoms with Gasteiger partial charge in [0, 0.05) is 12.4 Å². The molecule has 2 aromatic heterocycles. The molecule has 0 amide bonds. The number of ether oxygens (including phenoxy) is 2. The Morgan fingerprint density at radius 1 is 0.925 bits per heavy atom. The average molecular weight is 619 g/mol. The van der Waals surface area contributed by atoms with E-state index in [4.69, 9.17) is 44.1 Å². The number of anilines is 2. The van der Waals surface area contributed by atoms with Crippen LogP contribution >= 0.6 is 23.2 Å². The van der Waals surface area contributed by atoms with E-state index in [1.807, 2.05) is 0 Å². The van der Waals surface area contributed by atoms with Crippen molar-refractivity contribution < 1.29 is 37.2 Å². The fourth-order valence-electron chi connectivity index (χ4n) is 4.41. The fourth-order valence-corrected chi connectivity index (χ4v) is 5.19. The summed E-state index contributed by atoms with van der Waals surface area (Å²) in [6.45, 7) is 2.17. The molecular weight excluding hydrogens is 591 g/mol. The number of nitrogens with zero attached hydrogens (tertiary/aromatic N) is 4. The first-order valence-electron chi connectivity index (χ1n) is 11.8. The number of rotatable bonds is 6. The molecule has 4 rings (SSSR count). The average Bonchev–Trinajstić information content (AvgIpc) is 3.23. The van der Waals surface area contributed by atoms with E-state index in [9.17, 15) is 37.4 Å². The van der Waals surface area contributed by atoms with Crippen LogP contribution in [-0.4, -0.2) is 76.8 Å². The number of hydrogen-bond donors (Lipinski definition) is 4. The Bertz CT molecular complexity index is 1220. The molecule has 0 saturated carbocycles. The number of alkyl halides is 6. The number of aliphatic hydroxyl groups is 2. The van der Waals surface area contributed by atoms with Crippen LogP contribution in [-0.2, 0) is 9.47 Å². The van der Waals surface area contributed by atoms with Gasteiger partial charge in [0.05, 0.1) is 29.9 Å². The van der Waals surface area contributed by atoms with Crippen LogP contribution in [0.25, 0.3) is 0 Å². The second-order valence-corrected chi connectivity index (χ2v) is 9.94. The predicted octanol–water partition coefficient (Wildman–Crippen LogP) is 1.33. The molecule has 2 saturated heterocycles. The lowest BCUT2D eigenvalue weighted by molar-refractivity contribution is -0.143. The first-order valence-corrected chi connectivity index (χ1v) is 12.8. The molecule has 6 atom stereocenters. The molecule has 12 nitrogen and oxygen atoms in total. The van der Waals surface area contributed by atoms with Crippen LogP contribution in [0.15, 0.2) is 34.1 Å². The first-order chi connectivity index (χ1) is 18.6. The zero-order valence-corrected chi connectivity index (χ0v) is 22.7. The van der Waals surface area contributed by atoms with Gasteiger partial charge in [0.2, 0.25) is 12.5 Å². The van der Waals surface area contributed by atoms with Crippen molar-refractivity contribution in [3.8, 4) is 0 Å². The van der Waals surface area contributed by atoms with E-state index in [1.165, 1.54) is 13.0 Å². The summed E-state index contributed by atoms with van der Waals surface area (Å²) in [7, 11) is 0. The molecule has 224 valence electrons. The Hall–Kier alpha value is -2.50. The molecule has 0 aliphatic carbocycles. The number of hydrogen-bond acceptors (Lipinski definition) is 10. The summed E-state index contributed by atoms with van der Waals surface area (Å²) in [5, 5.41) is 18.8. The van der Waals surface area contributed by atoms with Crippen LogP contribution in [0.5, 0.6) is 0 Å². The lowest BCUT2D eigenvalue weighted by Gasteiger charge is -2.29. The Morgan fingerprint density at radius 2 is 1.35 bits per heavy atom. The van der Waals surface area contributed by atoms with Crippen molar-refractivity contribution in [3.05, 3.63) is 45.5 Å². The van der Waals surface area contributed by atoms with Gasteiger partial charge >= 0.3 is 17.3 Å². The highest BCUT2D eigenvalue weighted by molar-refractivity contribution is 6.18. The van der Waals surface area contributed by atoms with Crippen LogP contribution in [0.1, 0.15) is 32.7 Å². The Balaban J connectivity index is 0.000000220. The molecule has 0 unspecified atom stereocenters. The van der Waals surface area contributed by atoms with Crippen molar-refractivity contribution in [3.63, 3.8) is 0 Å². The number of aliphatic hydroxyl groups excluding tert-OH is 2. The third-order valence-corrected chi connectivity index (χ3v) is 8.01. The minimum atomic E-state index is -3.83. The van der Waals surface area contributed by atoms with Gasteiger partial charge in [0.1, 0.15) is 17.2 Å². The van der Waals surface area contributed by atoms with Gasteiger partial charge in [-0.2, -0.15) is 18.7 Å². The molecule has 2 aromatic rings. The van der Waals surface area contributed by atoms with Crippen LogP contribution in [0.2, 0.25) is 0 Å². The second kappa shape index (κ2) is 11.4. The Kier molecular flexibility index (Phi) is 9.13. The van der Waals surface area contributed by atoms with E-state index in [0.717, 1.165) is 23.0 Å². The second-order valence-electron chi connectivity index (χ2n) is 9.41. The Morgan fingerprint density at radius 3 is 1.68 bits per heavy atom. The predicted molar refractivity (Wildman–Crippen MR) is 135 cm³/mol. The van der Waals surface area contributed by atoms with E-state index in [0.29, 0.717) is 11.0 Å². The minimum absolute atomic E-state index is 0.0280. The Labute approximate surface area is 234 Å². The molecule has 2 aliphatic heterocycles. The molecule has 0 aromatic carbocycles. The summed E-state index contributed by atoms with van der Waals surface area (Å²) >= 11 is 11.3. The van der Waals surface area contributed by atoms with E-state index in [1.54, 1.807) is 6.92 Å². The molecule has 2 aliphatic rings. The first kappa shape index (κ1) is 32.0. The van der Waals surface area contributed by atoms with Gasteiger partial charge in [-0.25, -0.2) is 18.4 Å². The quantitative estimate of drug-likeness (QED) is 0.272. The smallest absolute Gasteiger partial charge is 0.351 e. The molecule has 6 N–H and O–H groups in total. The van der Waals surface area contributed by atoms with Crippen molar-refractivity contribution in [1.82, 2.24) is 19.1 Å². The highest BCUT2D eigenvalue weighted by Gasteiger charge is 2.67. The molecule has 18 heteroatoms. The van der Waals surface area contributed by atoms with Crippen LogP contribution in [0.3, 0.4) is 0 Å². The standard InChI is InChI=1S/C12H16ClF2N3O2.C10H12ClF2N3O4/c1-3-11(6-13)7(2)12(14,15)9(20-11)18-5-4-8(16)17-10(18)19;11-3-9(4-17)6(18)10(12,13)7(20-9)16-2-1-5(14)15-8(16)19/h4-5,7,9H,3,6H2,1-2H3,(H2,16,17,19);1-2,6-7,17-18H,3-4H2,(H2,14,15,19)/t7-,9-,11+;6-,7-,9-/m11/s1. The lowest BCUT2D eigenvalue weighted by atomic mass is 9.86. The van der Waals surface area contributed by atoms with Crippen molar-refractivity contribution in [2.24, 2.45) is 5.92 Å². The van der Waals surface area contributed by atoms with Crippen LogP contribution in [0, 0.1) is 5.92 Å². The number of nitrogens with two attached hydrogens (primary N) is 2. The molecular formula is C22H28Cl2F4N6O6. The fraction of sp³-hybridized carbons (Fsp3) is 0.636.